The van der Waals surface area contributed by atoms with E-state index in [0.717, 1.165) is 29.2 Å². The van der Waals surface area contributed by atoms with Crippen LogP contribution in [0.1, 0.15) is 30.3 Å². The second-order valence-electron chi connectivity index (χ2n) is 5.37. The minimum Gasteiger partial charge on any atom is -0.378 e. The van der Waals surface area contributed by atoms with Crippen molar-refractivity contribution in [3.05, 3.63) is 10.6 Å². The molecule has 1 saturated carbocycles. The lowest BCUT2D eigenvalue weighted by molar-refractivity contribution is 0.181. The molecule has 0 spiro atoms. The zero-order valence-electron chi connectivity index (χ0n) is 12.8. The lowest BCUT2D eigenvalue weighted by Gasteiger charge is -2.23. The van der Waals surface area contributed by atoms with Crippen molar-refractivity contribution in [1.29, 1.82) is 0 Å². The minimum atomic E-state index is 0.496. The summed E-state index contributed by atoms with van der Waals surface area (Å²) in [7, 11) is 3.87. The van der Waals surface area contributed by atoms with Crippen molar-refractivity contribution in [2.75, 3.05) is 31.1 Å². The lowest BCUT2D eigenvalue weighted by atomic mass is 10.3. The second-order valence-corrected chi connectivity index (χ2v) is 7.34. The Balaban J connectivity index is 2.05. The smallest absolute Gasteiger partial charge is 0.185 e. The van der Waals surface area contributed by atoms with Gasteiger partial charge in [-0.25, -0.2) is 4.98 Å². The fourth-order valence-corrected chi connectivity index (χ4v) is 3.76. The molecule has 1 fully saturated rings. The molecule has 0 aromatic carbocycles. The number of hydrogen-bond acceptors (Lipinski definition) is 6. The van der Waals surface area contributed by atoms with E-state index in [4.69, 9.17) is 9.72 Å². The van der Waals surface area contributed by atoms with Gasteiger partial charge in [0.05, 0.1) is 12.3 Å². The van der Waals surface area contributed by atoms with E-state index in [1.54, 1.807) is 18.4 Å². The molecule has 20 heavy (non-hydrogen) atoms. The molecule has 0 amide bonds. The van der Waals surface area contributed by atoms with E-state index in [2.05, 4.69) is 30.4 Å². The third kappa shape index (κ3) is 4.35. The van der Waals surface area contributed by atoms with Gasteiger partial charge in [0.2, 0.25) is 0 Å². The Morgan fingerprint density at radius 1 is 1.55 bits per heavy atom. The average molecular weight is 316 g/mol. The van der Waals surface area contributed by atoms with Gasteiger partial charge in [0.15, 0.2) is 5.13 Å². The molecule has 0 saturated heterocycles. The first kappa shape index (κ1) is 16.1. The van der Waals surface area contributed by atoms with Crippen LogP contribution in [0.15, 0.2) is 0 Å². The van der Waals surface area contributed by atoms with Gasteiger partial charge in [-0.05, 0) is 26.0 Å². The van der Waals surface area contributed by atoms with E-state index in [9.17, 15) is 0 Å². The van der Waals surface area contributed by atoms with Crippen LogP contribution < -0.4 is 10.2 Å². The Morgan fingerprint density at radius 3 is 2.90 bits per heavy atom. The molecule has 2 rings (SSSR count). The number of nitrogens with one attached hydrogen (secondary N) is 1. The van der Waals surface area contributed by atoms with Crippen LogP contribution in [0.25, 0.3) is 0 Å². The van der Waals surface area contributed by atoms with Crippen molar-refractivity contribution in [2.45, 2.75) is 45.0 Å². The third-order valence-corrected chi connectivity index (χ3v) is 5.55. The molecule has 0 bridgehead atoms. The summed E-state index contributed by atoms with van der Waals surface area (Å²) in [4.78, 5) is 8.37. The maximum absolute atomic E-state index is 5.29. The van der Waals surface area contributed by atoms with E-state index in [1.165, 1.54) is 17.7 Å². The quantitative estimate of drug-likeness (QED) is 0.758. The van der Waals surface area contributed by atoms with E-state index in [-0.39, 0.29) is 0 Å². The number of anilines is 1. The molecular weight excluding hydrogens is 290 g/mol. The fourth-order valence-electron chi connectivity index (χ4n) is 1.97. The third-order valence-electron chi connectivity index (χ3n) is 3.55. The summed E-state index contributed by atoms with van der Waals surface area (Å²) >= 11 is 3.67. The number of nitrogens with zero attached hydrogens (tertiary/aromatic N) is 2. The van der Waals surface area contributed by atoms with Gasteiger partial charge in [0, 0.05) is 43.4 Å². The molecule has 6 heteroatoms. The van der Waals surface area contributed by atoms with Gasteiger partial charge in [-0.15, -0.1) is 11.3 Å². The second kappa shape index (κ2) is 7.64. The summed E-state index contributed by atoms with van der Waals surface area (Å²) in [5.74, 6) is 1.12. The molecule has 1 aromatic rings. The van der Waals surface area contributed by atoms with Crippen molar-refractivity contribution in [2.24, 2.45) is 0 Å². The first-order valence-corrected chi connectivity index (χ1v) is 9.29. The SMILES string of the molecule is COCc1nc(N(C)C(C)CSC)sc1CNC1CC1. The van der Waals surface area contributed by atoms with Crippen LogP contribution in [0.4, 0.5) is 5.13 Å². The molecule has 1 aromatic heterocycles. The average Bonchev–Trinajstić information content (AvgIpc) is 3.18. The molecule has 1 atom stereocenters. The first-order valence-electron chi connectivity index (χ1n) is 7.08. The highest BCUT2D eigenvalue weighted by Gasteiger charge is 2.22. The van der Waals surface area contributed by atoms with Crippen LogP contribution in [0.2, 0.25) is 0 Å². The Morgan fingerprint density at radius 2 is 2.30 bits per heavy atom. The molecule has 1 unspecified atom stereocenters. The van der Waals surface area contributed by atoms with E-state index < -0.39 is 0 Å². The highest BCUT2D eigenvalue weighted by molar-refractivity contribution is 7.98. The number of hydrogen-bond donors (Lipinski definition) is 1. The first-order chi connectivity index (χ1) is 9.65. The zero-order valence-corrected chi connectivity index (χ0v) is 14.4. The largest absolute Gasteiger partial charge is 0.378 e. The van der Waals surface area contributed by atoms with Gasteiger partial charge in [0.25, 0.3) is 0 Å². The molecule has 1 aliphatic rings. The molecular formula is C14H25N3OS2. The van der Waals surface area contributed by atoms with Crippen molar-refractivity contribution in [3.8, 4) is 0 Å². The van der Waals surface area contributed by atoms with Crippen LogP contribution >= 0.6 is 23.1 Å². The molecule has 114 valence electrons. The summed E-state index contributed by atoms with van der Waals surface area (Å²) in [6.07, 6.45) is 4.78. The number of thiazole rings is 1. The van der Waals surface area contributed by atoms with E-state index in [1.807, 2.05) is 11.8 Å². The Labute approximate surface area is 130 Å². The number of rotatable bonds is 9. The maximum Gasteiger partial charge on any atom is 0.185 e. The van der Waals surface area contributed by atoms with Crippen LogP contribution in [-0.2, 0) is 17.9 Å². The van der Waals surface area contributed by atoms with Crippen LogP contribution in [0.5, 0.6) is 0 Å². The summed E-state index contributed by atoms with van der Waals surface area (Å²) in [6, 6.07) is 1.22. The van der Waals surface area contributed by atoms with Crippen molar-refractivity contribution in [1.82, 2.24) is 10.3 Å². The van der Waals surface area contributed by atoms with Crippen molar-refractivity contribution >= 4 is 28.2 Å². The number of ether oxygens (including phenoxy) is 1. The minimum absolute atomic E-state index is 0.496. The van der Waals surface area contributed by atoms with Crippen molar-refractivity contribution in [3.63, 3.8) is 0 Å². The fraction of sp³-hybridized carbons (Fsp3) is 0.786. The Hall–Kier alpha value is -0.300. The zero-order chi connectivity index (χ0) is 14.5. The Kier molecular flexibility index (Phi) is 6.14. The van der Waals surface area contributed by atoms with Crippen LogP contribution in [0, 0.1) is 0 Å². The molecule has 1 aliphatic carbocycles. The molecule has 1 heterocycles. The summed E-state index contributed by atoms with van der Waals surface area (Å²) in [5.41, 5.74) is 1.09. The summed E-state index contributed by atoms with van der Waals surface area (Å²) < 4.78 is 5.29. The van der Waals surface area contributed by atoms with Crippen LogP contribution in [0.3, 0.4) is 0 Å². The lowest BCUT2D eigenvalue weighted by Crippen LogP contribution is -2.30. The molecule has 0 radical (unpaired) electrons. The highest BCUT2D eigenvalue weighted by Crippen LogP contribution is 2.29. The van der Waals surface area contributed by atoms with Gasteiger partial charge in [0.1, 0.15) is 0 Å². The summed E-state index contributed by atoms with van der Waals surface area (Å²) in [6.45, 7) is 3.77. The monoisotopic (exact) mass is 315 g/mol. The van der Waals surface area contributed by atoms with Gasteiger partial charge in [-0.3, -0.25) is 0 Å². The van der Waals surface area contributed by atoms with Gasteiger partial charge in [-0.2, -0.15) is 11.8 Å². The van der Waals surface area contributed by atoms with E-state index in [0.29, 0.717) is 12.6 Å². The number of thioether (sulfide) groups is 1. The number of methoxy groups -OCH3 is 1. The highest BCUT2D eigenvalue weighted by atomic mass is 32.2. The standard InChI is InChI=1S/C14H25N3OS2/c1-10(9-19-4)17(2)14-16-12(8-18-3)13(20-14)7-15-11-5-6-11/h10-11,15H,5-9H2,1-4H3. The van der Waals surface area contributed by atoms with Gasteiger partial charge >= 0.3 is 0 Å². The van der Waals surface area contributed by atoms with Gasteiger partial charge < -0.3 is 15.0 Å². The maximum atomic E-state index is 5.29. The Bertz CT molecular complexity index is 421. The molecule has 0 aliphatic heterocycles. The predicted octanol–water partition coefficient (Wildman–Crippen LogP) is 2.73. The van der Waals surface area contributed by atoms with E-state index >= 15 is 0 Å². The van der Waals surface area contributed by atoms with Crippen LogP contribution in [-0.4, -0.2) is 43.2 Å². The molecule has 4 nitrogen and oxygen atoms in total. The predicted molar refractivity (Wildman–Crippen MR) is 88.9 cm³/mol. The van der Waals surface area contributed by atoms with Crippen molar-refractivity contribution < 1.29 is 4.74 Å². The summed E-state index contributed by atoms with van der Waals surface area (Å²) in [5, 5.41) is 4.67. The molecule has 1 N–H and O–H groups in total. The topological polar surface area (TPSA) is 37.4 Å². The van der Waals surface area contributed by atoms with Gasteiger partial charge in [-0.1, -0.05) is 0 Å². The normalized spacial score (nSPS) is 16.4. The number of aromatic nitrogens is 1.